The third-order valence-corrected chi connectivity index (χ3v) is 5.17. The lowest BCUT2D eigenvalue weighted by Gasteiger charge is -2.21. The number of aryl methyl sites for hydroxylation is 1. The molecule has 0 aromatic heterocycles. The van der Waals surface area contributed by atoms with Crippen molar-refractivity contribution in [3.8, 4) is 0 Å². The number of fused-ring (bicyclic) bond motifs is 1. The van der Waals surface area contributed by atoms with Crippen molar-refractivity contribution in [2.24, 2.45) is 5.92 Å². The van der Waals surface area contributed by atoms with Gasteiger partial charge in [0.15, 0.2) is 0 Å². The minimum atomic E-state index is -0.352. The second kappa shape index (κ2) is 6.37. The minimum absolute atomic E-state index is 0.0116. The second-order valence-electron chi connectivity index (χ2n) is 5.71. The molecule has 1 aliphatic carbocycles. The number of halogens is 3. The monoisotopic (exact) mass is 322 g/mol. The number of benzene rings is 2. The van der Waals surface area contributed by atoms with Crippen LogP contribution in [0.3, 0.4) is 0 Å². The molecule has 3 heteroatoms. The molecule has 2 aromatic carbocycles. The summed E-state index contributed by atoms with van der Waals surface area (Å²) >= 11 is 12.5. The van der Waals surface area contributed by atoms with Gasteiger partial charge in [-0.2, -0.15) is 0 Å². The van der Waals surface area contributed by atoms with Gasteiger partial charge < -0.3 is 0 Å². The van der Waals surface area contributed by atoms with Gasteiger partial charge in [0, 0.05) is 0 Å². The average Bonchev–Trinajstić information content (AvgIpc) is 2.64. The fourth-order valence-electron chi connectivity index (χ4n) is 3.16. The molecule has 3 rings (SSSR count). The van der Waals surface area contributed by atoms with Crippen LogP contribution in [0.5, 0.6) is 0 Å². The summed E-state index contributed by atoms with van der Waals surface area (Å²) in [5, 5.41) is 0.162. The van der Waals surface area contributed by atoms with Gasteiger partial charge in [-0.25, -0.2) is 4.39 Å². The summed E-state index contributed by atoms with van der Waals surface area (Å²) in [7, 11) is 0. The van der Waals surface area contributed by atoms with Crippen LogP contribution in [0, 0.1) is 11.7 Å². The molecule has 0 saturated carbocycles. The van der Waals surface area contributed by atoms with E-state index in [-0.39, 0.29) is 16.2 Å². The largest absolute Gasteiger partial charge is 0.205 e. The molecule has 0 N–H and O–H groups in total. The maximum Gasteiger partial charge on any atom is 0.142 e. The molecule has 0 spiro atoms. The summed E-state index contributed by atoms with van der Waals surface area (Å²) in [6.45, 7) is 0. The molecule has 0 saturated heterocycles. The van der Waals surface area contributed by atoms with E-state index in [1.54, 1.807) is 6.07 Å². The molecule has 0 nitrogen and oxygen atoms in total. The number of rotatable bonds is 2. The molecular weight excluding hydrogens is 306 g/mol. The Morgan fingerprint density at radius 2 is 1.95 bits per heavy atom. The van der Waals surface area contributed by atoms with Crippen LogP contribution in [0.15, 0.2) is 42.5 Å². The predicted molar refractivity (Wildman–Crippen MR) is 86.6 cm³/mol. The fraction of sp³-hybridized carbons (Fsp3) is 0.333. The SMILES string of the molecule is Fc1cc(CC2CCCc3ccccc3C2Cl)ccc1Cl. The minimum Gasteiger partial charge on any atom is -0.205 e. The van der Waals surface area contributed by atoms with Crippen molar-refractivity contribution >= 4 is 23.2 Å². The van der Waals surface area contributed by atoms with E-state index >= 15 is 0 Å². The van der Waals surface area contributed by atoms with Crippen molar-refractivity contribution in [1.29, 1.82) is 0 Å². The van der Waals surface area contributed by atoms with Gasteiger partial charge in [-0.1, -0.05) is 41.9 Å². The summed E-state index contributed by atoms with van der Waals surface area (Å²) in [6, 6.07) is 13.4. The first-order valence-electron chi connectivity index (χ1n) is 7.31. The van der Waals surface area contributed by atoms with Crippen molar-refractivity contribution in [2.45, 2.75) is 31.1 Å². The zero-order chi connectivity index (χ0) is 14.8. The summed E-state index contributed by atoms with van der Waals surface area (Å²) in [5.74, 6) is -0.0230. The second-order valence-corrected chi connectivity index (χ2v) is 6.58. The molecular formula is C18H17Cl2F. The number of alkyl halides is 1. The van der Waals surface area contributed by atoms with Crippen molar-refractivity contribution in [3.63, 3.8) is 0 Å². The van der Waals surface area contributed by atoms with Crippen molar-refractivity contribution in [1.82, 2.24) is 0 Å². The van der Waals surface area contributed by atoms with Crippen LogP contribution in [0.25, 0.3) is 0 Å². The average molecular weight is 323 g/mol. The van der Waals surface area contributed by atoms with E-state index in [4.69, 9.17) is 23.2 Å². The summed E-state index contributed by atoms with van der Waals surface area (Å²) < 4.78 is 13.6. The summed E-state index contributed by atoms with van der Waals surface area (Å²) in [6.07, 6.45) is 4.05. The van der Waals surface area contributed by atoms with Crippen LogP contribution in [-0.2, 0) is 12.8 Å². The van der Waals surface area contributed by atoms with Gasteiger partial charge in [0.05, 0.1) is 10.4 Å². The zero-order valence-corrected chi connectivity index (χ0v) is 13.2. The van der Waals surface area contributed by atoms with Crippen LogP contribution in [-0.4, -0.2) is 0 Å². The number of hydrogen-bond acceptors (Lipinski definition) is 0. The molecule has 0 fully saturated rings. The van der Waals surface area contributed by atoms with E-state index in [1.807, 2.05) is 12.1 Å². The Labute approximate surface area is 134 Å². The lowest BCUT2D eigenvalue weighted by atomic mass is 9.90. The van der Waals surface area contributed by atoms with Gasteiger partial charge >= 0.3 is 0 Å². The molecule has 1 aliphatic rings. The van der Waals surface area contributed by atoms with E-state index < -0.39 is 0 Å². The topological polar surface area (TPSA) is 0 Å². The highest BCUT2D eigenvalue weighted by Crippen LogP contribution is 2.39. The standard InChI is InChI=1S/C18H17Cl2F/c19-16-9-8-12(11-17(16)21)10-14-6-3-5-13-4-1-2-7-15(13)18(14)20/h1-2,4,7-9,11,14,18H,3,5-6,10H2. The highest BCUT2D eigenvalue weighted by atomic mass is 35.5. The smallest absolute Gasteiger partial charge is 0.142 e. The van der Waals surface area contributed by atoms with Crippen LogP contribution in [0.2, 0.25) is 5.02 Å². The van der Waals surface area contributed by atoms with Crippen LogP contribution >= 0.6 is 23.2 Å². The first-order chi connectivity index (χ1) is 10.1. The maximum atomic E-state index is 13.6. The molecule has 0 amide bonds. The molecule has 0 radical (unpaired) electrons. The normalized spacial score (nSPS) is 21.7. The fourth-order valence-corrected chi connectivity index (χ4v) is 3.71. The lowest BCUT2D eigenvalue weighted by molar-refractivity contribution is 0.464. The van der Waals surface area contributed by atoms with Crippen molar-refractivity contribution in [3.05, 3.63) is 70.0 Å². The molecule has 110 valence electrons. The van der Waals surface area contributed by atoms with E-state index in [9.17, 15) is 4.39 Å². The van der Waals surface area contributed by atoms with E-state index in [1.165, 1.54) is 17.2 Å². The van der Waals surface area contributed by atoms with Gasteiger partial charge in [-0.05, 0) is 60.4 Å². The maximum absolute atomic E-state index is 13.6. The lowest BCUT2D eigenvalue weighted by Crippen LogP contribution is -2.10. The van der Waals surface area contributed by atoms with Gasteiger partial charge in [0.1, 0.15) is 5.82 Å². The highest BCUT2D eigenvalue weighted by Gasteiger charge is 2.26. The van der Waals surface area contributed by atoms with Crippen LogP contribution in [0.4, 0.5) is 4.39 Å². The summed E-state index contributed by atoms with van der Waals surface area (Å²) in [4.78, 5) is 0. The van der Waals surface area contributed by atoms with Gasteiger partial charge in [0.25, 0.3) is 0 Å². The van der Waals surface area contributed by atoms with Gasteiger partial charge in [-0.15, -0.1) is 11.6 Å². The van der Waals surface area contributed by atoms with Crippen molar-refractivity contribution < 1.29 is 4.39 Å². The quantitative estimate of drug-likeness (QED) is 0.473. The molecule has 0 heterocycles. The van der Waals surface area contributed by atoms with E-state index in [2.05, 4.69) is 18.2 Å². The third kappa shape index (κ3) is 3.25. The van der Waals surface area contributed by atoms with Crippen LogP contribution < -0.4 is 0 Å². The van der Waals surface area contributed by atoms with E-state index in [0.29, 0.717) is 5.92 Å². The first-order valence-corrected chi connectivity index (χ1v) is 8.12. The Morgan fingerprint density at radius 1 is 1.14 bits per heavy atom. The van der Waals surface area contributed by atoms with Gasteiger partial charge in [0.2, 0.25) is 0 Å². The van der Waals surface area contributed by atoms with Crippen molar-refractivity contribution in [2.75, 3.05) is 0 Å². The predicted octanol–water partition coefficient (Wildman–Crippen LogP) is 5.95. The Kier molecular flexibility index (Phi) is 4.51. The Morgan fingerprint density at radius 3 is 2.76 bits per heavy atom. The molecule has 0 bridgehead atoms. The molecule has 2 unspecified atom stereocenters. The first kappa shape index (κ1) is 14.9. The van der Waals surface area contributed by atoms with Crippen LogP contribution in [0.1, 0.15) is 34.9 Å². The Balaban J connectivity index is 1.84. The Bertz CT molecular complexity index is 639. The molecule has 0 aliphatic heterocycles. The number of hydrogen-bond donors (Lipinski definition) is 0. The van der Waals surface area contributed by atoms with Gasteiger partial charge in [-0.3, -0.25) is 0 Å². The highest BCUT2D eigenvalue weighted by molar-refractivity contribution is 6.30. The third-order valence-electron chi connectivity index (χ3n) is 4.27. The summed E-state index contributed by atoms with van der Waals surface area (Å²) in [5.41, 5.74) is 3.55. The molecule has 2 aromatic rings. The van der Waals surface area contributed by atoms with E-state index in [0.717, 1.165) is 31.2 Å². The molecule has 21 heavy (non-hydrogen) atoms. The molecule has 2 atom stereocenters. The Hall–Kier alpha value is -1.05. The zero-order valence-electron chi connectivity index (χ0n) is 11.7.